The van der Waals surface area contributed by atoms with E-state index in [1.54, 1.807) is 36.0 Å². The van der Waals surface area contributed by atoms with Crippen molar-refractivity contribution in [2.24, 2.45) is 0 Å². The molecule has 0 bridgehead atoms. The Morgan fingerprint density at radius 1 is 1.12 bits per heavy atom. The number of amides is 1. The van der Waals surface area contributed by atoms with E-state index >= 15 is 0 Å². The second-order valence-corrected chi connectivity index (χ2v) is 9.06. The average Bonchev–Trinajstić information content (AvgIpc) is 2.62. The maximum atomic E-state index is 12.6. The highest BCUT2D eigenvalue weighted by Gasteiger charge is 2.23. The summed E-state index contributed by atoms with van der Waals surface area (Å²) < 4.78 is 26.3. The van der Waals surface area contributed by atoms with Crippen molar-refractivity contribution in [3.8, 4) is 0 Å². The molecule has 0 aliphatic rings. The minimum absolute atomic E-state index is 0.178. The smallest absolute Gasteiger partial charge is 0.243 e. The molecule has 140 valence electrons. The first-order valence-corrected chi connectivity index (χ1v) is 10.9. The number of rotatable bonds is 7. The number of nitrogens with zero attached hydrogens (tertiary/aromatic N) is 1. The second-order valence-electron chi connectivity index (χ2n) is 6.14. The predicted molar refractivity (Wildman–Crippen MR) is 106 cm³/mol. The molecular formula is C19H24N2O3S2. The summed E-state index contributed by atoms with van der Waals surface area (Å²) in [7, 11) is -2.29. The molecule has 5 nitrogen and oxygen atoms in total. The van der Waals surface area contributed by atoms with Gasteiger partial charge in [0.1, 0.15) is 0 Å². The number of hydrogen-bond acceptors (Lipinski definition) is 4. The van der Waals surface area contributed by atoms with Crippen molar-refractivity contribution in [1.82, 2.24) is 9.62 Å². The van der Waals surface area contributed by atoms with Crippen molar-refractivity contribution >= 4 is 27.7 Å². The van der Waals surface area contributed by atoms with Crippen LogP contribution in [-0.2, 0) is 14.8 Å². The van der Waals surface area contributed by atoms with Crippen LogP contribution in [0.4, 0.5) is 0 Å². The SMILES string of the molecule is CSc1ccc(S(=O)(=O)N(C)CC(=O)NC(C)c2ccc(C)cc2)cc1. The van der Waals surface area contributed by atoms with Gasteiger partial charge >= 0.3 is 0 Å². The zero-order chi connectivity index (χ0) is 19.3. The van der Waals surface area contributed by atoms with Gasteiger partial charge in [-0.05, 0) is 49.9 Å². The molecule has 2 aromatic rings. The summed E-state index contributed by atoms with van der Waals surface area (Å²) in [6.07, 6.45) is 1.93. The van der Waals surface area contributed by atoms with Gasteiger partial charge in [-0.15, -0.1) is 11.8 Å². The number of thioether (sulfide) groups is 1. The molecule has 0 aliphatic carbocycles. The standard InChI is InChI=1S/C19H24N2O3S2/c1-14-5-7-16(8-6-14)15(2)20-19(22)13-21(3)26(23,24)18-11-9-17(25-4)10-12-18/h5-12,15H,13H2,1-4H3,(H,20,22). The Bertz CT molecular complexity index is 847. The molecule has 0 saturated carbocycles. The molecule has 0 aromatic heterocycles. The third kappa shape index (κ3) is 5.09. The van der Waals surface area contributed by atoms with E-state index in [0.29, 0.717) is 0 Å². The largest absolute Gasteiger partial charge is 0.348 e. The van der Waals surface area contributed by atoms with Crippen LogP contribution in [0, 0.1) is 6.92 Å². The van der Waals surface area contributed by atoms with Gasteiger partial charge < -0.3 is 5.32 Å². The molecule has 0 heterocycles. The fraction of sp³-hybridized carbons (Fsp3) is 0.316. The fourth-order valence-corrected chi connectivity index (χ4v) is 3.98. The highest BCUT2D eigenvalue weighted by molar-refractivity contribution is 7.98. The lowest BCUT2D eigenvalue weighted by atomic mass is 10.1. The summed E-state index contributed by atoms with van der Waals surface area (Å²) in [4.78, 5) is 13.4. The summed E-state index contributed by atoms with van der Waals surface area (Å²) in [5.74, 6) is -0.343. The highest BCUT2D eigenvalue weighted by atomic mass is 32.2. The van der Waals surface area contributed by atoms with Crippen molar-refractivity contribution in [2.75, 3.05) is 19.8 Å². The minimum atomic E-state index is -3.70. The summed E-state index contributed by atoms with van der Waals surface area (Å²) in [6, 6.07) is 14.3. The van der Waals surface area contributed by atoms with Gasteiger partial charge in [-0.1, -0.05) is 29.8 Å². The summed E-state index contributed by atoms with van der Waals surface area (Å²) in [5.41, 5.74) is 2.12. The fourth-order valence-electron chi connectivity index (χ4n) is 2.44. The number of likely N-dealkylation sites (N-methyl/N-ethyl adjacent to an activating group) is 1. The van der Waals surface area contributed by atoms with Crippen LogP contribution in [0.2, 0.25) is 0 Å². The molecule has 2 aromatic carbocycles. The van der Waals surface area contributed by atoms with Gasteiger partial charge in [-0.2, -0.15) is 4.31 Å². The van der Waals surface area contributed by atoms with Crippen LogP contribution in [0.15, 0.2) is 58.3 Å². The van der Waals surface area contributed by atoms with Gasteiger partial charge in [0.2, 0.25) is 15.9 Å². The van der Waals surface area contributed by atoms with Crippen LogP contribution in [0.1, 0.15) is 24.1 Å². The van der Waals surface area contributed by atoms with E-state index in [1.807, 2.05) is 44.4 Å². The summed E-state index contributed by atoms with van der Waals surface area (Å²) in [5, 5.41) is 2.84. The van der Waals surface area contributed by atoms with Crippen LogP contribution >= 0.6 is 11.8 Å². The number of carbonyl (C=O) groups is 1. The van der Waals surface area contributed by atoms with Crippen LogP contribution in [0.3, 0.4) is 0 Å². The number of aryl methyl sites for hydroxylation is 1. The van der Waals surface area contributed by atoms with E-state index in [-0.39, 0.29) is 23.4 Å². The molecule has 1 unspecified atom stereocenters. The molecule has 26 heavy (non-hydrogen) atoms. The van der Waals surface area contributed by atoms with Crippen molar-refractivity contribution in [3.63, 3.8) is 0 Å². The Morgan fingerprint density at radius 3 is 2.23 bits per heavy atom. The Kier molecular flexibility index (Phi) is 6.86. The summed E-state index contributed by atoms with van der Waals surface area (Å²) >= 11 is 1.54. The number of sulfonamides is 1. The second kappa shape index (κ2) is 8.70. The molecule has 1 N–H and O–H groups in total. The maximum absolute atomic E-state index is 12.6. The first-order valence-electron chi connectivity index (χ1n) is 8.20. The molecule has 7 heteroatoms. The van der Waals surface area contributed by atoms with E-state index in [2.05, 4.69) is 5.32 Å². The third-order valence-corrected chi connectivity index (χ3v) is 6.65. The van der Waals surface area contributed by atoms with Crippen LogP contribution in [0.25, 0.3) is 0 Å². The van der Waals surface area contributed by atoms with E-state index in [0.717, 1.165) is 20.3 Å². The lowest BCUT2D eigenvalue weighted by molar-refractivity contribution is -0.121. The predicted octanol–water partition coefficient (Wildman–Crippen LogP) is 3.21. The highest BCUT2D eigenvalue weighted by Crippen LogP contribution is 2.20. The quantitative estimate of drug-likeness (QED) is 0.735. The zero-order valence-electron chi connectivity index (χ0n) is 15.4. The molecule has 0 saturated heterocycles. The monoisotopic (exact) mass is 392 g/mol. The van der Waals surface area contributed by atoms with Crippen LogP contribution in [-0.4, -0.2) is 38.5 Å². The normalized spacial score (nSPS) is 12.8. The first kappa shape index (κ1) is 20.5. The number of carbonyl (C=O) groups excluding carboxylic acids is 1. The maximum Gasteiger partial charge on any atom is 0.243 e. The molecule has 0 aliphatic heterocycles. The van der Waals surface area contributed by atoms with Crippen molar-refractivity contribution in [3.05, 3.63) is 59.7 Å². The van der Waals surface area contributed by atoms with Gasteiger partial charge in [0, 0.05) is 11.9 Å². The van der Waals surface area contributed by atoms with Crippen LogP contribution < -0.4 is 5.32 Å². The number of benzene rings is 2. The average molecular weight is 393 g/mol. The molecule has 1 atom stereocenters. The Balaban J connectivity index is 2.01. The molecule has 0 radical (unpaired) electrons. The van der Waals surface area contributed by atoms with E-state index < -0.39 is 10.0 Å². The van der Waals surface area contributed by atoms with Gasteiger partial charge in [0.05, 0.1) is 17.5 Å². The van der Waals surface area contributed by atoms with Crippen molar-refractivity contribution < 1.29 is 13.2 Å². The molecule has 0 fully saturated rings. The summed E-state index contributed by atoms with van der Waals surface area (Å²) in [6.45, 7) is 3.64. The Labute approximate surface area is 159 Å². The van der Waals surface area contributed by atoms with Crippen molar-refractivity contribution in [1.29, 1.82) is 0 Å². The Hall–Kier alpha value is -1.83. The first-order chi connectivity index (χ1) is 12.2. The van der Waals surface area contributed by atoms with Crippen LogP contribution in [0.5, 0.6) is 0 Å². The van der Waals surface area contributed by atoms with Gasteiger partial charge in [-0.25, -0.2) is 8.42 Å². The zero-order valence-corrected chi connectivity index (χ0v) is 17.0. The number of nitrogens with one attached hydrogen (secondary N) is 1. The lowest BCUT2D eigenvalue weighted by Gasteiger charge is -2.19. The molecule has 1 amide bonds. The lowest BCUT2D eigenvalue weighted by Crippen LogP contribution is -2.39. The van der Waals surface area contributed by atoms with Gasteiger partial charge in [-0.3, -0.25) is 4.79 Å². The van der Waals surface area contributed by atoms with E-state index in [9.17, 15) is 13.2 Å². The number of hydrogen-bond donors (Lipinski definition) is 1. The Morgan fingerprint density at radius 2 is 1.69 bits per heavy atom. The molecule has 0 spiro atoms. The van der Waals surface area contributed by atoms with E-state index in [1.165, 1.54) is 7.05 Å². The van der Waals surface area contributed by atoms with Crippen molar-refractivity contribution in [2.45, 2.75) is 29.7 Å². The molecule has 2 rings (SSSR count). The molecular weight excluding hydrogens is 368 g/mol. The topological polar surface area (TPSA) is 66.5 Å². The third-order valence-electron chi connectivity index (χ3n) is 4.09. The van der Waals surface area contributed by atoms with E-state index in [4.69, 9.17) is 0 Å². The van der Waals surface area contributed by atoms with Gasteiger partial charge in [0.25, 0.3) is 0 Å². The minimum Gasteiger partial charge on any atom is -0.348 e. The van der Waals surface area contributed by atoms with Gasteiger partial charge in [0.15, 0.2) is 0 Å².